The molecule has 106 valence electrons. The highest BCUT2D eigenvalue weighted by Gasteiger charge is 2.20. The third kappa shape index (κ3) is 4.37. The molecule has 3 nitrogen and oxygen atoms in total. The van der Waals surface area contributed by atoms with Gasteiger partial charge in [-0.3, -0.25) is 0 Å². The molecule has 0 amide bonds. The van der Waals surface area contributed by atoms with E-state index in [2.05, 4.69) is 35.3 Å². The molecule has 0 aliphatic heterocycles. The standard InChI is InChI=1S/C15H23ClN2O/c1-3-18(8-9-19-2)15-7-4-12(10-14(15)16)11-17-13-5-6-13/h4,7,10,13,17H,3,5-6,8-9,11H2,1-2H3. The predicted octanol–water partition coefficient (Wildman–Crippen LogP) is 3.06. The Kier molecular flexibility index (Phi) is 5.49. The SMILES string of the molecule is CCN(CCOC)c1ccc(CNC2CC2)cc1Cl. The van der Waals surface area contributed by atoms with E-state index in [4.69, 9.17) is 16.3 Å². The first kappa shape index (κ1) is 14.6. The number of halogens is 1. The Morgan fingerprint density at radius 1 is 1.42 bits per heavy atom. The summed E-state index contributed by atoms with van der Waals surface area (Å²) in [5.41, 5.74) is 2.35. The van der Waals surface area contributed by atoms with Crippen LogP contribution in [0.4, 0.5) is 5.69 Å². The molecule has 1 aromatic rings. The van der Waals surface area contributed by atoms with Crippen LogP contribution in [0.15, 0.2) is 18.2 Å². The van der Waals surface area contributed by atoms with E-state index in [1.807, 2.05) is 0 Å². The summed E-state index contributed by atoms with van der Waals surface area (Å²) in [4.78, 5) is 2.24. The minimum atomic E-state index is 0.717. The maximum atomic E-state index is 6.40. The van der Waals surface area contributed by atoms with E-state index in [0.717, 1.165) is 43.0 Å². The van der Waals surface area contributed by atoms with Gasteiger partial charge in [0.2, 0.25) is 0 Å². The third-order valence-corrected chi connectivity index (χ3v) is 3.77. The molecule has 0 atom stereocenters. The molecular formula is C15H23ClN2O. The highest BCUT2D eigenvalue weighted by Crippen LogP contribution is 2.27. The van der Waals surface area contributed by atoms with E-state index >= 15 is 0 Å². The van der Waals surface area contributed by atoms with Crippen molar-refractivity contribution in [2.75, 3.05) is 31.7 Å². The number of likely N-dealkylation sites (N-methyl/N-ethyl adjacent to an activating group) is 1. The van der Waals surface area contributed by atoms with Gasteiger partial charge in [-0.1, -0.05) is 17.7 Å². The zero-order chi connectivity index (χ0) is 13.7. The van der Waals surface area contributed by atoms with Gasteiger partial charge in [-0.2, -0.15) is 0 Å². The van der Waals surface area contributed by atoms with Crippen LogP contribution in [0.5, 0.6) is 0 Å². The van der Waals surface area contributed by atoms with E-state index in [-0.39, 0.29) is 0 Å². The van der Waals surface area contributed by atoms with Crippen LogP contribution in [-0.4, -0.2) is 32.8 Å². The van der Waals surface area contributed by atoms with Crippen molar-refractivity contribution in [3.63, 3.8) is 0 Å². The number of nitrogens with zero attached hydrogens (tertiary/aromatic N) is 1. The van der Waals surface area contributed by atoms with Crippen LogP contribution in [0.25, 0.3) is 0 Å². The van der Waals surface area contributed by atoms with Crippen molar-refractivity contribution in [3.8, 4) is 0 Å². The fourth-order valence-electron chi connectivity index (χ4n) is 2.12. The molecule has 1 aliphatic carbocycles. The first-order chi connectivity index (χ1) is 9.24. The van der Waals surface area contributed by atoms with Crippen molar-refractivity contribution < 1.29 is 4.74 Å². The summed E-state index contributed by atoms with van der Waals surface area (Å²) in [5.74, 6) is 0. The topological polar surface area (TPSA) is 24.5 Å². The van der Waals surface area contributed by atoms with Gasteiger partial charge in [0.15, 0.2) is 0 Å². The van der Waals surface area contributed by atoms with Crippen molar-refractivity contribution >= 4 is 17.3 Å². The van der Waals surface area contributed by atoms with E-state index in [0.29, 0.717) is 0 Å². The lowest BCUT2D eigenvalue weighted by molar-refractivity contribution is 0.205. The number of hydrogen-bond donors (Lipinski definition) is 1. The Hall–Kier alpha value is -0.770. The van der Waals surface area contributed by atoms with Crippen molar-refractivity contribution in [1.29, 1.82) is 0 Å². The summed E-state index contributed by atoms with van der Waals surface area (Å²) in [7, 11) is 1.72. The summed E-state index contributed by atoms with van der Waals surface area (Å²) in [6.45, 7) is 5.56. The van der Waals surface area contributed by atoms with Crippen LogP contribution < -0.4 is 10.2 Å². The van der Waals surface area contributed by atoms with Crippen molar-refractivity contribution in [2.45, 2.75) is 32.4 Å². The molecule has 0 spiro atoms. The molecule has 4 heteroatoms. The Morgan fingerprint density at radius 2 is 2.21 bits per heavy atom. The third-order valence-electron chi connectivity index (χ3n) is 3.47. The van der Waals surface area contributed by atoms with Gasteiger partial charge in [0, 0.05) is 32.8 Å². The maximum absolute atomic E-state index is 6.40. The molecule has 19 heavy (non-hydrogen) atoms. The number of nitrogens with one attached hydrogen (secondary N) is 1. The minimum Gasteiger partial charge on any atom is -0.383 e. The van der Waals surface area contributed by atoms with Gasteiger partial charge >= 0.3 is 0 Å². The Morgan fingerprint density at radius 3 is 2.79 bits per heavy atom. The minimum absolute atomic E-state index is 0.717. The predicted molar refractivity (Wildman–Crippen MR) is 81.1 cm³/mol. The molecule has 2 rings (SSSR count). The Labute approximate surface area is 120 Å². The number of benzene rings is 1. The van der Waals surface area contributed by atoms with Gasteiger partial charge in [-0.05, 0) is 37.5 Å². The largest absolute Gasteiger partial charge is 0.383 e. The second-order valence-corrected chi connectivity index (χ2v) is 5.42. The molecule has 1 saturated carbocycles. The smallest absolute Gasteiger partial charge is 0.0642 e. The van der Waals surface area contributed by atoms with Crippen molar-refractivity contribution in [3.05, 3.63) is 28.8 Å². The van der Waals surface area contributed by atoms with Crippen LogP contribution in [0.2, 0.25) is 5.02 Å². The van der Waals surface area contributed by atoms with Gasteiger partial charge in [0.25, 0.3) is 0 Å². The zero-order valence-electron chi connectivity index (χ0n) is 11.8. The Bertz CT molecular complexity index is 407. The second kappa shape index (κ2) is 7.13. The fraction of sp³-hybridized carbons (Fsp3) is 0.600. The summed E-state index contributed by atoms with van der Waals surface area (Å²) >= 11 is 6.40. The lowest BCUT2D eigenvalue weighted by atomic mass is 10.2. The highest BCUT2D eigenvalue weighted by molar-refractivity contribution is 6.33. The molecule has 0 saturated heterocycles. The molecule has 1 aromatic carbocycles. The molecule has 0 radical (unpaired) electrons. The normalized spacial score (nSPS) is 14.7. The molecule has 1 aliphatic rings. The summed E-state index contributed by atoms with van der Waals surface area (Å²) in [6, 6.07) is 7.08. The van der Waals surface area contributed by atoms with Crippen LogP contribution in [0.3, 0.4) is 0 Å². The number of hydrogen-bond acceptors (Lipinski definition) is 3. The molecule has 0 unspecified atom stereocenters. The monoisotopic (exact) mass is 282 g/mol. The summed E-state index contributed by atoms with van der Waals surface area (Å²) in [6.07, 6.45) is 2.62. The second-order valence-electron chi connectivity index (χ2n) is 5.01. The zero-order valence-corrected chi connectivity index (χ0v) is 12.5. The number of rotatable bonds is 8. The summed E-state index contributed by atoms with van der Waals surface area (Å²) in [5, 5.41) is 4.33. The lowest BCUT2D eigenvalue weighted by Crippen LogP contribution is -2.27. The van der Waals surface area contributed by atoms with E-state index < -0.39 is 0 Å². The number of anilines is 1. The average molecular weight is 283 g/mol. The molecule has 1 N–H and O–H groups in total. The van der Waals surface area contributed by atoms with E-state index in [1.165, 1.54) is 18.4 Å². The van der Waals surface area contributed by atoms with Gasteiger partial charge in [-0.15, -0.1) is 0 Å². The quantitative estimate of drug-likeness (QED) is 0.793. The fourth-order valence-corrected chi connectivity index (χ4v) is 2.44. The Balaban J connectivity index is 1.99. The van der Waals surface area contributed by atoms with Crippen LogP contribution in [-0.2, 0) is 11.3 Å². The van der Waals surface area contributed by atoms with Crippen LogP contribution in [0, 0.1) is 0 Å². The van der Waals surface area contributed by atoms with E-state index in [1.54, 1.807) is 7.11 Å². The van der Waals surface area contributed by atoms with Gasteiger partial charge in [0.05, 0.1) is 17.3 Å². The first-order valence-corrected chi connectivity index (χ1v) is 7.38. The summed E-state index contributed by atoms with van der Waals surface area (Å²) < 4.78 is 5.14. The highest BCUT2D eigenvalue weighted by atomic mass is 35.5. The van der Waals surface area contributed by atoms with Gasteiger partial charge < -0.3 is 15.0 Å². The molecular weight excluding hydrogens is 260 g/mol. The van der Waals surface area contributed by atoms with Crippen molar-refractivity contribution in [1.82, 2.24) is 5.32 Å². The molecule has 0 bridgehead atoms. The average Bonchev–Trinajstić information content (AvgIpc) is 3.23. The van der Waals surface area contributed by atoms with E-state index in [9.17, 15) is 0 Å². The molecule has 0 aromatic heterocycles. The van der Waals surface area contributed by atoms with Gasteiger partial charge in [0.1, 0.15) is 0 Å². The number of methoxy groups -OCH3 is 1. The van der Waals surface area contributed by atoms with Crippen molar-refractivity contribution in [2.24, 2.45) is 0 Å². The molecule has 1 fully saturated rings. The van der Waals surface area contributed by atoms with Crippen LogP contribution in [0.1, 0.15) is 25.3 Å². The van der Waals surface area contributed by atoms with Gasteiger partial charge in [-0.25, -0.2) is 0 Å². The lowest BCUT2D eigenvalue weighted by Gasteiger charge is -2.24. The first-order valence-electron chi connectivity index (χ1n) is 7.00. The maximum Gasteiger partial charge on any atom is 0.0642 e. The number of ether oxygens (including phenoxy) is 1. The van der Waals surface area contributed by atoms with Crippen LogP contribution >= 0.6 is 11.6 Å². The molecule has 0 heterocycles.